The smallest absolute Gasteiger partial charge is 0.249 e. The molecule has 6 nitrogen and oxygen atoms in total. The Morgan fingerprint density at radius 2 is 2.25 bits per heavy atom. The highest BCUT2D eigenvalue weighted by atomic mass is 16.2. The number of imide groups is 1. The zero-order valence-corrected chi connectivity index (χ0v) is 11.1. The van der Waals surface area contributed by atoms with Crippen LogP contribution in [0.25, 0.3) is 0 Å². The number of amides is 2. The van der Waals surface area contributed by atoms with Crippen LogP contribution in [-0.2, 0) is 22.4 Å². The molecule has 0 spiro atoms. The van der Waals surface area contributed by atoms with E-state index in [9.17, 15) is 14.9 Å². The molecule has 1 N–H and O–H groups in total. The van der Waals surface area contributed by atoms with E-state index < -0.39 is 6.04 Å². The van der Waals surface area contributed by atoms with Crippen molar-refractivity contribution in [3.05, 3.63) is 22.9 Å². The van der Waals surface area contributed by atoms with Gasteiger partial charge in [-0.3, -0.25) is 14.9 Å². The third kappa shape index (κ3) is 1.92. The lowest BCUT2D eigenvalue weighted by Gasteiger charge is -2.33. The Balaban J connectivity index is 2.07. The topological polar surface area (TPSA) is 86.1 Å². The van der Waals surface area contributed by atoms with Gasteiger partial charge in [0.25, 0.3) is 0 Å². The molecule has 1 aliphatic heterocycles. The number of carbonyl (C=O) groups excluding carboxylic acids is 2. The molecular weight excluding hydrogens is 256 g/mol. The molecule has 102 valence electrons. The fraction of sp³-hybridized carbons (Fsp3) is 0.429. The maximum atomic E-state index is 11.7. The predicted octanol–water partition coefficient (Wildman–Crippen LogP) is 0.293. The number of anilines is 1. The molecule has 1 unspecified atom stereocenters. The fourth-order valence-corrected chi connectivity index (χ4v) is 2.74. The molecule has 0 saturated carbocycles. The van der Waals surface area contributed by atoms with Gasteiger partial charge in [0.1, 0.15) is 17.9 Å². The molecule has 0 aromatic carbocycles. The number of pyridine rings is 1. The number of piperazine rings is 1. The molecule has 1 saturated heterocycles. The summed E-state index contributed by atoms with van der Waals surface area (Å²) in [5.41, 5.74) is 2.51. The Labute approximate surface area is 116 Å². The molecule has 3 rings (SSSR count). The SMILES string of the molecule is CC1C(=O)NC(=O)CN1c1nc2c(cc1C#N)CCC2. The Hall–Kier alpha value is -2.42. The Morgan fingerprint density at radius 1 is 1.45 bits per heavy atom. The van der Waals surface area contributed by atoms with Gasteiger partial charge in [0, 0.05) is 5.69 Å². The maximum absolute atomic E-state index is 11.7. The van der Waals surface area contributed by atoms with Gasteiger partial charge in [-0.25, -0.2) is 4.98 Å². The van der Waals surface area contributed by atoms with Crippen LogP contribution in [0.5, 0.6) is 0 Å². The summed E-state index contributed by atoms with van der Waals surface area (Å²) >= 11 is 0. The lowest BCUT2D eigenvalue weighted by molar-refractivity contribution is -0.132. The van der Waals surface area contributed by atoms with Crippen molar-refractivity contribution in [2.45, 2.75) is 32.2 Å². The second-order valence-corrected chi connectivity index (χ2v) is 5.15. The molecule has 6 heteroatoms. The Bertz CT molecular complexity index is 647. The van der Waals surface area contributed by atoms with Crippen molar-refractivity contribution in [3.8, 4) is 6.07 Å². The van der Waals surface area contributed by atoms with Crippen LogP contribution >= 0.6 is 0 Å². The predicted molar refractivity (Wildman–Crippen MR) is 70.9 cm³/mol. The van der Waals surface area contributed by atoms with Gasteiger partial charge in [0.15, 0.2) is 0 Å². The van der Waals surface area contributed by atoms with Crippen LogP contribution in [0.1, 0.15) is 30.2 Å². The summed E-state index contributed by atoms with van der Waals surface area (Å²) in [6.07, 6.45) is 2.86. The van der Waals surface area contributed by atoms with Crippen LogP contribution in [0.3, 0.4) is 0 Å². The third-order valence-electron chi connectivity index (χ3n) is 3.85. The summed E-state index contributed by atoms with van der Waals surface area (Å²) in [4.78, 5) is 29.4. The Morgan fingerprint density at radius 3 is 3.00 bits per heavy atom. The fourth-order valence-electron chi connectivity index (χ4n) is 2.74. The molecule has 1 fully saturated rings. The zero-order chi connectivity index (χ0) is 14.3. The highest BCUT2D eigenvalue weighted by Crippen LogP contribution is 2.28. The van der Waals surface area contributed by atoms with E-state index in [-0.39, 0.29) is 18.4 Å². The summed E-state index contributed by atoms with van der Waals surface area (Å²) < 4.78 is 0. The second kappa shape index (κ2) is 4.60. The van der Waals surface area contributed by atoms with Crippen LogP contribution < -0.4 is 10.2 Å². The van der Waals surface area contributed by atoms with E-state index in [1.807, 2.05) is 6.07 Å². The largest absolute Gasteiger partial charge is 0.334 e. The van der Waals surface area contributed by atoms with Gasteiger partial charge in [-0.2, -0.15) is 5.26 Å². The molecule has 2 heterocycles. The molecule has 1 aliphatic carbocycles. The lowest BCUT2D eigenvalue weighted by atomic mass is 10.1. The van der Waals surface area contributed by atoms with Gasteiger partial charge >= 0.3 is 0 Å². The molecule has 2 amide bonds. The third-order valence-corrected chi connectivity index (χ3v) is 3.85. The summed E-state index contributed by atoms with van der Waals surface area (Å²) in [7, 11) is 0. The monoisotopic (exact) mass is 270 g/mol. The number of nitriles is 1. The minimum Gasteiger partial charge on any atom is -0.334 e. The zero-order valence-electron chi connectivity index (χ0n) is 11.1. The highest BCUT2D eigenvalue weighted by molar-refractivity contribution is 6.04. The van der Waals surface area contributed by atoms with E-state index in [2.05, 4.69) is 16.4 Å². The van der Waals surface area contributed by atoms with Crippen molar-refractivity contribution in [1.82, 2.24) is 10.3 Å². The average Bonchev–Trinajstić information content (AvgIpc) is 2.88. The normalized spacial score (nSPS) is 21.4. The molecule has 1 aromatic heterocycles. The van der Waals surface area contributed by atoms with Crippen molar-refractivity contribution in [1.29, 1.82) is 5.26 Å². The van der Waals surface area contributed by atoms with Gasteiger partial charge < -0.3 is 4.90 Å². The van der Waals surface area contributed by atoms with Gasteiger partial charge in [-0.15, -0.1) is 0 Å². The van der Waals surface area contributed by atoms with Crippen LogP contribution in [0, 0.1) is 11.3 Å². The first-order valence-electron chi connectivity index (χ1n) is 6.63. The minimum atomic E-state index is -0.508. The van der Waals surface area contributed by atoms with Gasteiger partial charge in [0.2, 0.25) is 11.8 Å². The minimum absolute atomic E-state index is 0.0490. The number of nitrogens with zero attached hydrogens (tertiary/aromatic N) is 3. The summed E-state index contributed by atoms with van der Waals surface area (Å²) in [5, 5.41) is 11.6. The van der Waals surface area contributed by atoms with E-state index in [1.54, 1.807) is 11.8 Å². The molecule has 2 aliphatic rings. The molecular formula is C14H14N4O2. The number of carbonyl (C=O) groups is 2. The van der Waals surface area contributed by atoms with Crippen molar-refractivity contribution in [3.63, 3.8) is 0 Å². The van der Waals surface area contributed by atoms with Gasteiger partial charge in [-0.05, 0) is 37.8 Å². The van der Waals surface area contributed by atoms with Gasteiger partial charge in [0.05, 0.1) is 12.1 Å². The van der Waals surface area contributed by atoms with Crippen LogP contribution in [0.2, 0.25) is 0 Å². The van der Waals surface area contributed by atoms with E-state index in [4.69, 9.17) is 0 Å². The number of aryl methyl sites for hydroxylation is 2. The number of hydrogen-bond donors (Lipinski definition) is 1. The van der Waals surface area contributed by atoms with Crippen LogP contribution in [-0.4, -0.2) is 29.4 Å². The number of fused-ring (bicyclic) bond motifs is 1. The highest BCUT2D eigenvalue weighted by Gasteiger charge is 2.33. The molecule has 1 atom stereocenters. The maximum Gasteiger partial charge on any atom is 0.249 e. The first kappa shape index (κ1) is 12.6. The molecule has 0 bridgehead atoms. The van der Waals surface area contributed by atoms with Crippen LogP contribution in [0.4, 0.5) is 5.82 Å². The van der Waals surface area contributed by atoms with Crippen molar-refractivity contribution < 1.29 is 9.59 Å². The van der Waals surface area contributed by atoms with Gasteiger partial charge in [-0.1, -0.05) is 0 Å². The number of nitrogens with one attached hydrogen (secondary N) is 1. The molecule has 20 heavy (non-hydrogen) atoms. The first-order chi connectivity index (χ1) is 9.60. The number of aromatic nitrogens is 1. The number of hydrogen-bond acceptors (Lipinski definition) is 5. The lowest BCUT2D eigenvalue weighted by Crippen LogP contribution is -2.57. The summed E-state index contributed by atoms with van der Waals surface area (Å²) in [6, 6.07) is 3.46. The van der Waals surface area contributed by atoms with Crippen molar-refractivity contribution >= 4 is 17.6 Å². The van der Waals surface area contributed by atoms with Crippen molar-refractivity contribution in [2.24, 2.45) is 0 Å². The molecule has 0 radical (unpaired) electrons. The second-order valence-electron chi connectivity index (χ2n) is 5.15. The first-order valence-corrected chi connectivity index (χ1v) is 6.63. The number of rotatable bonds is 1. The quantitative estimate of drug-likeness (QED) is 0.741. The molecule has 1 aromatic rings. The van der Waals surface area contributed by atoms with Crippen LogP contribution in [0.15, 0.2) is 6.07 Å². The Kier molecular flexibility index (Phi) is 2.90. The van der Waals surface area contributed by atoms with E-state index in [1.165, 1.54) is 0 Å². The van der Waals surface area contributed by atoms with E-state index in [0.717, 1.165) is 30.5 Å². The summed E-state index contributed by atoms with van der Waals surface area (Å²) in [5.74, 6) is -0.268. The van der Waals surface area contributed by atoms with Crippen molar-refractivity contribution in [2.75, 3.05) is 11.4 Å². The average molecular weight is 270 g/mol. The standard InChI is InChI=1S/C14H14N4O2/c1-8-14(20)17-12(19)7-18(8)13-10(6-15)5-9-3-2-4-11(9)16-13/h5,8H,2-4,7H2,1H3,(H,17,19,20). The van der Waals surface area contributed by atoms with E-state index >= 15 is 0 Å². The summed E-state index contributed by atoms with van der Waals surface area (Å²) in [6.45, 7) is 1.76. The van der Waals surface area contributed by atoms with E-state index in [0.29, 0.717) is 11.4 Å².